The lowest BCUT2D eigenvalue weighted by Gasteiger charge is -2.24. The van der Waals surface area contributed by atoms with Gasteiger partial charge in [0.05, 0.1) is 5.56 Å². The van der Waals surface area contributed by atoms with Crippen molar-refractivity contribution in [3.05, 3.63) is 35.4 Å². The predicted molar refractivity (Wildman–Crippen MR) is 79.2 cm³/mol. The third-order valence-electron chi connectivity index (χ3n) is 4.27. The van der Waals surface area contributed by atoms with Gasteiger partial charge in [0.2, 0.25) is 0 Å². The van der Waals surface area contributed by atoms with E-state index >= 15 is 0 Å². The Balaban J connectivity index is 0.00000176. The van der Waals surface area contributed by atoms with Gasteiger partial charge in [-0.15, -0.1) is 12.4 Å². The summed E-state index contributed by atoms with van der Waals surface area (Å²) in [5.74, 6) is -0.182. The fraction of sp³-hybridized carbons (Fsp3) is 0.533. The third kappa shape index (κ3) is 3.55. The molecule has 0 saturated carbocycles. The lowest BCUT2D eigenvalue weighted by Crippen LogP contribution is -2.39. The molecule has 3 rings (SSSR count). The SMILES string of the molecule is Cl.O=C(c1ccc(C(F)(F)F)cc1)N1CCC2CCC(C1)N2. The molecule has 2 unspecified atom stereocenters. The standard InChI is InChI=1S/C15H17F3N2O.ClH/c16-15(17,18)11-3-1-10(2-4-11)14(21)20-8-7-12-5-6-13(9-20)19-12;/h1-4,12-13,19H,5-9H2;1H. The highest BCUT2D eigenvalue weighted by Gasteiger charge is 2.33. The van der Waals surface area contributed by atoms with Crippen molar-refractivity contribution < 1.29 is 18.0 Å². The smallest absolute Gasteiger partial charge is 0.337 e. The van der Waals surface area contributed by atoms with Crippen molar-refractivity contribution in [1.29, 1.82) is 0 Å². The Morgan fingerprint density at radius 2 is 1.73 bits per heavy atom. The highest BCUT2D eigenvalue weighted by Crippen LogP contribution is 2.29. The average molecular weight is 335 g/mol. The number of hydrogen-bond acceptors (Lipinski definition) is 2. The van der Waals surface area contributed by atoms with Gasteiger partial charge in [-0.3, -0.25) is 4.79 Å². The van der Waals surface area contributed by atoms with E-state index in [0.29, 0.717) is 30.7 Å². The van der Waals surface area contributed by atoms with Gasteiger partial charge in [0.25, 0.3) is 5.91 Å². The normalized spacial score (nSPS) is 24.6. The summed E-state index contributed by atoms with van der Waals surface area (Å²) in [5.41, 5.74) is -0.406. The Labute approximate surface area is 133 Å². The van der Waals surface area contributed by atoms with Gasteiger partial charge in [0.1, 0.15) is 0 Å². The third-order valence-corrected chi connectivity index (χ3v) is 4.27. The highest BCUT2D eigenvalue weighted by molar-refractivity contribution is 5.94. The van der Waals surface area contributed by atoms with Crippen molar-refractivity contribution in [3.8, 4) is 0 Å². The molecule has 2 bridgehead atoms. The van der Waals surface area contributed by atoms with E-state index in [4.69, 9.17) is 0 Å². The zero-order chi connectivity index (χ0) is 15.0. The van der Waals surface area contributed by atoms with Crippen LogP contribution in [0.4, 0.5) is 13.2 Å². The topological polar surface area (TPSA) is 32.3 Å². The van der Waals surface area contributed by atoms with Crippen molar-refractivity contribution in [1.82, 2.24) is 10.2 Å². The molecule has 2 aliphatic heterocycles. The second-order valence-electron chi connectivity index (χ2n) is 5.75. The second-order valence-corrected chi connectivity index (χ2v) is 5.75. The first-order chi connectivity index (χ1) is 9.93. The van der Waals surface area contributed by atoms with Crippen LogP contribution in [0.5, 0.6) is 0 Å². The summed E-state index contributed by atoms with van der Waals surface area (Å²) in [6.45, 7) is 1.30. The first kappa shape index (κ1) is 17.1. The van der Waals surface area contributed by atoms with E-state index in [-0.39, 0.29) is 18.3 Å². The minimum atomic E-state index is -4.37. The van der Waals surface area contributed by atoms with E-state index in [1.165, 1.54) is 12.1 Å². The van der Waals surface area contributed by atoms with Gasteiger partial charge in [-0.25, -0.2) is 0 Å². The molecular weight excluding hydrogens is 317 g/mol. The maximum Gasteiger partial charge on any atom is 0.416 e. The zero-order valence-electron chi connectivity index (χ0n) is 11.9. The lowest BCUT2D eigenvalue weighted by atomic mass is 10.1. The molecule has 7 heteroatoms. The molecule has 2 atom stereocenters. The molecule has 122 valence electrons. The number of alkyl halides is 3. The van der Waals surface area contributed by atoms with Crippen molar-refractivity contribution >= 4 is 18.3 Å². The number of benzene rings is 1. The van der Waals surface area contributed by atoms with Gasteiger partial charge < -0.3 is 10.2 Å². The first-order valence-corrected chi connectivity index (χ1v) is 7.16. The fourth-order valence-corrected chi connectivity index (χ4v) is 3.11. The monoisotopic (exact) mass is 334 g/mol. The van der Waals surface area contributed by atoms with E-state index in [1.54, 1.807) is 4.90 Å². The van der Waals surface area contributed by atoms with Crippen LogP contribution in [0.25, 0.3) is 0 Å². The van der Waals surface area contributed by atoms with E-state index in [2.05, 4.69) is 5.32 Å². The second kappa shape index (κ2) is 6.46. The molecule has 0 radical (unpaired) electrons. The minimum Gasteiger partial charge on any atom is -0.337 e. The first-order valence-electron chi connectivity index (χ1n) is 7.16. The van der Waals surface area contributed by atoms with Crippen molar-refractivity contribution in [2.45, 2.75) is 37.5 Å². The molecule has 0 spiro atoms. The molecule has 3 nitrogen and oxygen atoms in total. The molecule has 1 N–H and O–H groups in total. The van der Waals surface area contributed by atoms with Crippen molar-refractivity contribution in [3.63, 3.8) is 0 Å². The van der Waals surface area contributed by atoms with Gasteiger partial charge in [-0.2, -0.15) is 13.2 Å². The molecule has 22 heavy (non-hydrogen) atoms. The molecular formula is C15H18ClF3N2O. The molecule has 1 aromatic rings. The largest absolute Gasteiger partial charge is 0.416 e. The molecule has 0 aromatic heterocycles. The molecule has 2 heterocycles. The zero-order valence-corrected chi connectivity index (χ0v) is 12.7. The van der Waals surface area contributed by atoms with Crippen LogP contribution in [0.3, 0.4) is 0 Å². The fourth-order valence-electron chi connectivity index (χ4n) is 3.11. The Hall–Kier alpha value is -1.27. The summed E-state index contributed by atoms with van der Waals surface area (Å²) in [6, 6.07) is 5.25. The van der Waals surface area contributed by atoms with Crippen LogP contribution in [0, 0.1) is 0 Å². The van der Waals surface area contributed by atoms with Crippen molar-refractivity contribution in [2.75, 3.05) is 13.1 Å². The number of amides is 1. The van der Waals surface area contributed by atoms with E-state index in [1.807, 2.05) is 0 Å². The maximum absolute atomic E-state index is 12.5. The Bertz CT molecular complexity index is 533. The van der Waals surface area contributed by atoms with E-state index in [9.17, 15) is 18.0 Å². The van der Waals surface area contributed by atoms with Crippen LogP contribution in [-0.2, 0) is 6.18 Å². The van der Waals surface area contributed by atoms with Crippen LogP contribution in [-0.4, -0.2) is 36.0 Å². The molecule has 2 aliphatic rings. The Morgan fingerprint density at radius 3 is 2.36 bits per heavy atom. The summed E-state index contributed by atoms with van der Waals surface area (Å²) in [6.07, 6.45) is -1.26. The minimum absolute atomic E-state index is 0. The molecule has 1 amide bonds. The number of nitrogens with one attached hydrogen (secondary N) is 1. The van der Waals surface area contributed by atoms with Gasteiger partial charge in [-0.1, -0.05) is 0 Å². The van der Waals surface area contributed by atoms with Crippen molar-refractivity contribution in [2.24, 2.45) is 0 Å². The number of carbonyl (C=O) groups is 1. The van der Waals surface area contributed by atoms with E-state index in [0.717, 1.165) is 31.4 Å². The maximum atomic E-state index is 12.5. The number of halogens is 4. The quantitative estimate of drug-likeness (QED) is 0.856. The predicted octanol–water partition coefficient (Wildman–Crippen LogP) is 3.09. The summed E-state index contributed by atoms with van der Waals surface area (Å²) in [4.78, 5) is 14.2. The molecule has 2 saturated heterocycles. The number of nitrogens with zero attached hydrogens (tertiary/aromatic N) is 1. The van der Waals surface area contributed by atoms with Crippen LogP contribution < -0.4 is 5.32 Å². The van der Waals surface area contributed by atoms with Crippen LogP contribution >= 0.6 is 12.4 Å². The Kier molecular flexibility index (Phi) is 5.02. The van der Waals surface area contributed by atoms with Gasteiger partial charge >= 0.3 is 6.18 Å². The molecule has 0 aliphatic carbocycles. The van der Waals surface area contributed by atoms with Gasteiger partial charge in [0.15, 0.2) is 0 Å². The number of fused-ring (bicyclic) bond motifs is 2. The van der Waals surface area contributed by atoms with Gasteiger partial charge in [-0.05, 0) is 43.5 Å². The highest BCUT2D eigenvalue weighted by atomic mass is 35.5. The number of rotatable bonds is 1. The average Bonchev–Trinajstić information content (AvgIpc) is 2.77. The molecule has 2 fully saturated rings. The molecule has 1 aromatic carbocycles. The summed E-state index contributed by atoms with van der Waals surface area (Å²) < 4.78 is 37.6. The summed E-state index contributed by atoms with van der Waals surface area (Å²) >= 11 is 0. The summed E-state index contributed by atoms with van der Waals surface area (Å²) in [5, 5.41) is 3.48. The number of hydrogen-bond donors (Lipinski definition) is 1. The summed E-state index contributed by atoms with van der Waals surface area (Å²) in [7, 11) is 0. The van der Waals surface area contributed by atoms with Crippen LogP contribution in [0.2, 0.25) is 0 Å². The Morgan fingerprint density at radius 1 is 1.09 bits per heavy atom. The lowest BCUT2D eigenvalue weighted by molar-refractivity contribution is -0.137. The number of carbonyl (C=O) groups excluding carboxylic acids is 1. The number of likely N-dealkylation sites (tertiary alicyclic amines) is 1. The van der Waals surface area contributed by atoms with E-state index < -0.39 is 11.7 Å². The van der Waals surface area contributed by atoms with Crippen LogP contribution in [0.1, 0.15) is 35.2 Å². The van der Waals surface area contributed by atoms with Crippen LogP contribution in [0.15, 0.2) is 24.3 Å². The van der Waals surface area contributed by atoms with Gasteiger partial charge in [0, 0.05) is 30.7 Å².